The summed E-state index contributed by atoms with van der Waals surface area (Å²) in [5.74, 6) is 0.766. The van der Waals surface area contributed by atoms with Crippen LogP contribution in [-0.4, -0.2) is 16.6 Å². The second-order valence-electron chi connectivity index (χ2n) is 4.47. The zero-order valence-corrected chi connectivity index (χ0v) is 12.4. The van der Waals surface area contributed by atoms with E-state index in [0.29, 0.717) is 28.4 Å². The molecule has 0 spiro atoms. The molecule has 0 amide bonds. The normalized spacial score (nSPS) is 10.7. The maximum absolute atomic E-state index is 12.4. The summed E-state index contributed by atoms with van der Waals surface area (Å²) < 4.78 is 5.30. The van der Waals surface area contributed by atoms with Gasteiger partial charge in [-0.2, -0.15) is 0 Å². The number of nitrogens with zero attached hydrogens (tertiary/aromatic N) is 1. The molecule has 0 saturated heterocycles. The van der Waals surface area contributed by atoms with Crippen molar-refractivity contribution in [3.05, 3.63) is 58.5 Å². The Morgan fingerprint density at radius 2 is 2.14 bits per heavy atom. The molecule has 21 heavy (non-hydrogen) atoms. The molecule has 5 heteroatoms. The number of H-pyrrole nitrogens is 1. The Labute approximate surface area is 125 Å². The highest BCUT2D eigenvalue weighted by Gasteiger charge is 2.14. The molecule has 2 heterocycles. The molecule has 0 aliphatic rings. The minimum atomic E-state index is -0.170. The van der Waals surface area contributed by atoms with Gasteiger partial charge in [0, 0.05) is 10.9 Å². The Kier molecular flexibility index (Phi) is 3.58. The van der Waals surface area contributed by atoms with Gasteiger partial charge in [-0.1, -0.05) is 36.9 Å². The smallest absolute Gasteiger partial charge is 0.260 e. The fourth-order valence-corrected chi connectivity index (χ4v) is 3.10. The number of thiophene rings is 1. The zero-order chi connectivity index (χ0) is 14.8. The standard InChI is InChI=1S/C16H14N2O2S/c1-3-20-10(2)14-17-15(19)13-12(9-21-16(13)18-14)11-7-5-4-6-8-11/h4-9H,2-3H2,1H3,(H,17,18,19). The van der Waals surface area contributed by atoms with Crippen LogP contribution in [0.1, 0.15) is 12.7 Å². The Morgan fingerprint density at radius 3 is 2.86 bits per heavy atom. The van der Waals surface area contributed by atoms with Crippen LogP contribution in [0.3, 0.4) is 0 Å². The third-order valence-electron chi connectivity index (χ3n) is 3.11. The zero-order valence-electron chi connectivity index (χ0n) is 11.6. The van der Waals surface area contributed by atoms with E-state index in [4.69, 9.17) is 4.74 Å². The molecule has 0 aliphatic carbocycles. The summed E-state index contributed by atoms with van der Waals surface area (Å²) in [5, 5.41) is 2.56. The van der Waals surface area contributed by atoms with Crippen molar-refractivity contribution in [2.24, 2.45) is 0 Å². The molecular formula is C16H14N2O2S. The molecule has 1 N–H and O–H groups in total. The van der Waals surface area contributed by atoms with Crippen LogP contribution in [0.2, 0.25) is 0 Å². The quantitative estimate of drug-likeness (QED) is 0.748. The molecule has 3 rings (SSSR count). The first-order chi connectivity index (χ1) is 10.2. The summed E-state index contributed by atoms with van der Waals surface area (Å²) in [6.45, 7) is 6.13. The van der Waals surface area contributed by atoms with Crippen LogP contribution in [-0.2, 0) is 4.74 Å². The van der Waals surface area contributed by atoms with Gasteiger partial charge >= 0.3 is 0 Å². The number of aromatic nitrogens is 2. The van der Waals surface area contributed by atoms with Gasteiger partial charge in [-0.05, 0) is 12.5 Å². The monoisotopic (exact) mass is 298 g/mol. The predicted octanol–water partition coefficient (Wildman–Crippen LogP) is 3.66. The van der Waals surface area contributed by atoms with Crippen LogP contribution in [0, 0.1) is 0 Å². The van der Waals surface area contributed by atoms with E-state index in [9.17, 15) is 4.79 Å². The predicted molar refractivity (Wildman–Crippen MR) is 86.3 cm³/mol. The first kappa shape index (κ1) is 13.6. The van der Waals surface area contributed by atoms with Crippen molar-refractivity contribution in [3.8, 4) is 11.1 Å². The maximum atomic E-state index is 12.4. The second-order valence-corrected chi connectivity index (χ2v) is 5.32. The minimum Gasteiger partial charge on any atom is -0.491 e. The van der Waals surface area contributed by atoms with Crippen LogP contribution in [0.5, 0.6) is 0 Å². The van der Waals surface area contributed by atoms with E-state index in [0.717, 1.165) is 11.1 Å². The highest BCUT2D eigenvalue weighted by atomic mass is 32.1. The highest BCUT2D eigenvalue weighted by molar-refractivity contribution is 7.17. The largest absolute Gasteiger partial charge is 0.491 e. The van der Waals surface area contributed by atoms with Gasteiger partial charge < -0.3 is 9.72 Å². The molecule has 2 aromatic heterocycles. The molecule has 0 radical (unpaired) electrons. The van der Waals surface area contributed by atoms with Gasteiger partial charge in [-0.15, -0.1) is 11.3 Å². The Balaban J connectivity index is 2.16. The fraction of sp³-hybridized carbons (Fsp3) is 0.125. The molecule has 0 atom stereocenters. The number of hydrogen-bond donors (Lipinski definition) is 1. The molecule has 0 bridgehead atoms. The average molecular weight is 298 g/mol. The molecule has 0 fully saturated rings. The summed E-state index contributed by atoms with van der Waals surface area (Å²) in [6.07, 6.45) is 0. The molecule has 0 saturated carbocycles. The van der Waals surface area contributed by atoms with Gasteiger partial charge in [0.2, 0.25) is 0 Å². The number of fused-ring (bicyclic) bond motifs is 1. The second kappa shape index (κ2) is 5.54. The van der Waals surface area contributed by atoms with E-state index in [1.165, 1.54) is 11.3 Å². The number of aromatic amines is 1. The van der Waals surface area contributed by atoms with Crippen molar-refractivity contribution < 1.29 is 4.74 Å². The van der Waals surface area contributed by atoms with Gasteiger partial charge in [0.05, 0.1) is 12.0 Å². The lowest BCUT2D eigenvalue weighted by molar-refractivity contribution is 0.296. The van der Waals surface area contributed by atoms with E-state index < -0.39 is 0 Å². The first-order valence-electron chi connectivity index (χ1n) is 6.59. The Hall–Kier alpha value is -2.40. The van der Waals surface area contributed by atoms with Gasteiger partial charge in [0.25, 0.3) is 5.56 Å². The van der Waals surface area contributed by atoms with E-state index in [-0.39, 0.29) is 5.56 Å². The molecule has 4 nitrogen and oxygen atoms in total. The summed E-state index contributed by atoms with van der Waals surface area (Å²) >= 11 is 1.44. The summed E-state index contributed by atoms with van der Waals surface area (Å²) in [5.41, 5.74) is 1.74. The van der Waals surface area contributed by atoms with E-state index in [2.05, 4.69) is 16.5 Å². The molecular weight excluding hydrogens is 284 g/mol. The van der Waals surface area contributed by atoms with Crippen LogP contribution in [0.15, 0.2) is 47.1 Å². The van der Waals surface area contributed by atoms with Crippen molar-refractivity contribution in [2.75, 3.05) is 6.61 Å². The Bertz CT molecular complexity index is 850. The Morgan fingerprint density at radius 1 is 1.38 bits per heavy atom. The van der Waals surface area contributed by atoms with Crippen LogP contribution in [0.4, 0.5) is 0 Å². The third kappa shape index (κ3) is 2.48. The maximum Gasteiger partial charge on any atom is 0.260 e. The van der Waals surface area contributed by atoms with E-state index >= 15 is 0 Å². The van der Waals surface area contributed by atoms with Gasteiger partial charge in [0.15, 0.2) is 11.6 Å². The van der Waals surface area contributed by atoms with Gasteiger partial charge in [-0.3, -0.25) is 4.79 Å². The van der Waals surface area contributed by atoms with E-state index in [1.807, 2.05) is 42.6 Å². The van der Waals surface area contributed by atoms with Crippen LogP contribution >= 0.6 is 11.3 Å². The lowest BCUT2D eigenvalue weighted by atomic mass is 10.1. The summed E-state index contributed by atoms with van der Waals surface area (Å²) in [7, 11) is 0. The summed E-state index contributed by atoms with van der Waals surface area (Å²) in [6, 6.07) is 9.81. The van der Waals surface area contributed by atoms with Crippen molar-refractivity contribution in [1.29, 1.82) is 0 Å². The molecule has 0 unspecified atom stereocenters. The fourth-order valence-electron chi connectivity index (χ4n) is 2.15. The number of hydrogen-bond acceptors (Lipinski definition) is 4. The average Bonchev–Trinajstić information content (AvgIpc) is 2.93. The van der Waals surface area contributed by atoms with Crippen molar-refractivity contribution in [2.45, 2.75) is 6.92 Å². The van der Waals surface area contributed by atoms with Gasteiger partial charge in [0.1, 0.15) is 4.83 Å². The molecule has 1 aromatic carbocycles. The number of ether oxygens (including phenoxy) is 1. The third-order valence-corrected chi connectivity index (χ3v) is 3.98. The van der Waals surface area contributed by atoms with Crippen molar-refractivity contribution in [3.63, 3.8) is 0 Å². The summed E-state index contributed by atoms with van der Waals surface area (Å²) in [4.78, 5) is 20.3. The number of rotatable bonds is 4. The lowest BCUT2D eigenvalue weighted by Gasteiger charge is -2.05. The van der Waals surface area contributed by atoms with Crippen molar-refractivity contribution >= 4 is 27.3 Å². The minimum absolute atomic E-state index is 0.170. The SMILES string of the molecule is C=C(OCC)c1nc2scc(-c3ccccc3)c2c(=O)[nH]1. The van der Waals surface area contributed by atoms with Crippen LogP contribution < -0.4 is 5.56 Å². The first-order valence-corrected chi connectivity index (χ1v) is 7.47. The lowest BCUT2D eigenvalue weighted by Crippen LogP contribution is -2.11. The number of benzene rings is 1. The topological polar surface area (TPSA) is 55.0 Å². The molecule has 0 aliphatic heterocycles. The molecule has 3 aromatic rings. The molecule has 106 valence electrons. The number of nitrogens with one attached hydrogen (secondary N) is 1. The van der Waals surface area contributed by atoms with Gasteiger partial charge in [-0.25, -0.2) is 4.98 Å². The van der Waals surface area contributed by atoms with Crippen molar-refractivity contribution in [1.82, 2.24) is 9.97 Å². The highest BCUT2D eigenvalue weighted by Crippen LogP contribution is 2.30. The van der Waals surface area contributed by atoms with E-state index in [1.54, 1.807) is 0 Å². The van der Waals surface area contributed by atoms with Crippen LogP contribution in [0.25, 0.3) is 27.1 Å².